The standard InChI is InChI=1S/C14H13N3O2/c1-9-7-14(18)17-13(15-9)8-12(16-17)10-3-5-11(19-2)6-4-10/h3-8,15H,1-2H3. The fraction of sp³-hybridized carbons (Fsp3) is 0.143. The van der Waals surface area contributed by atoms with Crippen LogP contribution in [0.4, 0.5) is 0 Å². The molecule has 5 nitrogen and oxygen atoms in total. The summed E-state index contributed by atoms with van der Waals surface area (Å²) in [4.78, 5) is 14.9. The second kappa shape index (κ2) is 4.28. The molecule has 2 heterocycles. The number of methoxy groups -OCH3 is 1. The molecule has 3 aromatic rings. The number of rotatable bonds is 2. The maximum atomic E-state index is 11.8. The lowest BCUT2D eigenvalue weighted by Gasteiger charge is -1.99. The molecular formula is C14H13N3O2. The van der Waals surface area contributed by atoms with Crippen molar-refractivity contribution in [2.45, 2.75) is 6.92 Å². The average Bonchev–Trinajstić information content (AvgIpc) is 2.83. The van der Waals surface area contributed by atoms with Gasteiger partial charge in [0.2, 0.25) is 0 Å². The first-order valence-corrected chi connectivity index (χ1v) is 5.91. The molecule has 0 bridgehead atoms. The fourth-order valence-electron chi connectivity index (χ4n) is 2.03. The van der Waals surface area contributed by atoms with Gasteiger partial charge in [0, 0.05) is 23.4 Å². The van der Waals surface area contributed by atoms with Crippen molar-refractivity contribution in [3.8, 4) is 17.0 Å². The van der Waals surface area contributed by atoms with E-state index < -0.39 is 0 Å². The van der Waals surface area contributed by atoms with Crippen LogP contribution >= 0.6 is 0 Å². The molecule has 3 rings (SSSR count). The van der Waals surface area contributed by atoms with Crippen LogP contribution in [0.15, 0.2) is 41.2 Å². The van der Waals surface area contributed by atoms with Crippen molar-refractivity contribution in [2.75, 3.05) is 7.11 Å². The first-order valence-electron chi connectivity index (χ1n) is 5.91. The Kier molecular flexibility index (Phi) is 2.59. The van der Waals surface area contributed by atoms with Crippen LogP contribution in [0, 0.1) is 6.92 Å². The maximum absolute atomic E-state index is 11.8. The normalized spacial score (nSPS) is 10.8. The quantitative estimate of drug-likeness (QED) is 0.762. The summed E-state index contributed by atoms with van der Waals surface area (Å²) in [5.74, 6) is 0.791. The third-order valence-corrected chi connectivity index (χ3v) is 2.97. The van der Waals surface area contributed by atoms with Gasteiger partial charge in [-0.25, -0.2) is 0 Å². The number of aryl methyl sites for hydroxylation is 1. The van der Waals surface area contributed by atoms with E-state index in [0.717, 1.165) is 22.7 Å². The van der Waals surface area contributed by atoms with Gasteiger partial charge in [-0.1, -0.05) is 0 Å². The molecule has 0 radical (unpaired) electrons. The van der Waals surface area contributed by atoms with E-state index in [0.29, 0.717) is 5.65 Å². The van der Waals surface area contributed by atoms with Crippen LogP contribution in [0.25, 0.3) is 16.9 Å². The van der Waals surface area contributed by atoms with E-state index in [9.17, 15) is 4.79 Å². The molecular weight excluding hydrogens is 242 g/mol. The maximum Gasteiger partial charge on any atom is 0.274 e. The second-order valence-electron chi connectivity index (χ2n) is 4.35. The van der Waals surface area contributed by atoms with E-state index in [2.05, 4.69) is 10.1 Å². The van der Waals surface area contributed by atoms with E-state index in [1.165, 1.54) is 10.6 Å². The molecule has 0 saturated carbocycles. The van der Waals surface area contributed by atoms with Crippen molar-refractivity contribution in [1.29, 1.82) is 0 Å². The largest absolute Gasteiger partial charge is 0.497 e. The third kappa shape index (κ3) is 1.99. The van der Waals surface area contributed by atoms with Gasteiger partial charge in [0.15, 0.2) is 0 Å². The molecule has 1 aromatic carbocycles. The highest BCUT2D eigenvalue weighted by Gasteiger charge is 2.07. The Balaban J connectivity index is 2.14. The summed E-state index contributed by atoms with van der Waals surface area (Å²) >= 11 is 0. The Morgan fingerprint density at radius 3 is 2.63 bits per heavy atom. The third-order valence-electron chi connectivity index (χ3n) is 2.97. The van der Waals surface area contributed by atoms with Crippen molar-refractivity contribution in [3.63, 3.8) is 0 Å². The summed E-state index contributed by atoms with van der Waals surface area (Å²) in [6.45, 7) is 1.85. The molecule has 19 heavy (non-hydrogen) atoms. The van der Waals surface area contributed by atoms with Crippen molar-refractivity contribution < 1.29 is 4.74 Å². The predicted molar refractivity (Wildman–Crippen MR) is 72.5 cm³/mol. The molecule has 96 valence electrons. The summed E-state index contributed by atoms with van der Waals surface area (Å²) in [5.41, 5.74) is 3.07. The highest BCUT2D eigenvalue weighted by molar-refractivity contribution is 5.64. The molecule has 0 saturated heterocycles. The van der Waals surface area contributed by atoms with Crippen molar-refractivity contribution in [1.82, 2.24) is 14.6 Å². The lowest BCUT2D eigenvalue weighted by atomic mass is 10.1. The minimum Gasteiger partial charge on any atom is -0.497 e. The van der Waals surface area contributed by atoms with E-state index >= 15 is 0 Å². The summed E-state index contributed by atoms with van der Waals surface area (Å²) in [6.07, 6.45) is 0. The molecule has 5 heteroatoms. The average molecular weight is 255 g/mol. The molecule has 0 aliphatic rings. The van der Waals surface area contributed by atoms with Crippen LogP contribution in [-0.4, -0.2) is 21.7 Å². The number of nitrogens with one attached hydrogen (secondary N) is 1. The number of hydrogen-bond donors (Lipinski definition) is 1. The number of aromatic amines is 1. The van der Waals surface area contributed by atoms with Gasteiger partial charge in [-0.15, -0.1) is 0 Å². The zero-order chi connectivity index (χ0) is 13.4. The van der Waals surface area contributed by atoms with Crippen LogP contribution in [-0.2, 0) is 0 Å². The number of H-pyrrole nitrogens is 1. The number of aromatic nitrogens is 3. The molecule has 0 aliphatic heterocycles. The smallest absolute Gasteiger partial charge is 0.274 e. The van der Waals surface area contributed by atoms with Crippen LogP contribution in [0.2, 0.25) is 0 Å². The Morgan fingerprint density at radius 1 is 1.21 bits per heavy atom. The number of nitrogens with zero attached hydrogens (tertiary/aromatic N) is 2. The number of fused-ring (bicyclic) bond motifs is 1. The van der Waals surface area contributed by atoms with Gasteiger partial charge in [0.05, 0.1) is 12.8 Å². The molecule has 0 amide bonds. The lowest BCUT2D eigenvalue weighted by molar-refractivity contribution is 0.415. The Labute approximate surface area is 109 Å². The van der Waals surface area contributed by atoms with Crippen LogP contribution < -0.4 is 10.3 Å². The highest BCUT2D eigenvalue weighted by Crippen LogP contribution is 2.21. The van der Waals surface area contributed by atoms with Crippen LogP contribution in [0.1, 0.15) is 5.69 Å². The van der Waals surface area contributed by atoms with Crippen LogP contribution in [0.3, 0.4) is 0 Å². The Bertz CT molecular complexity index is 785. The zero-order valence-electron chi connectivity index (χ0n) is 10.7. The molecule has 0 fully saturated rings. The van der Waals surface area contributed by atoms with Gasteiger partial charge in [-0.05, 0) is 31.2 Å². The van der Waals surface area contributed by atoms with Gasteiger partial charge < -0.3 is 9.72 Å². The topological polar surface area (TPSA) is 59.4 Å². The second-order valence-corrected chi connectivity index (χ2v) is 4.35. The van der Waals surface area contributed by atoms with Gasteiger partial charge in [0.1, 0.15) is 11.4 Å². The van der Waals surface area contributed by atoms with Gasteiger partial charge in [-0.2, -0.15) is 9.61 Å². The molecule has 2 aromatic heterocycles. The summed E-state index contributed by atoms with van der Waals surface area (Å²) in [6, 6.07) is 10.9. The summed E-state index contributed by atoms with van der Waals surface area (Å²) < 4.78 is 6.48. The van der Waals surface area contributed by atoms with Gasteiger partial charge in [-0.3, -0.25) is 4.79 Å². The predicted octanol–water partition coefficient (Wildman–Crippen LogP) is 2.01. The Hall–Kier alpha value is -2.56. The minimum atomic E-state index is -0.133. The number of ether oxygens (including phenoxy) is 1. The van der Waals surface area contributed by atoms with Crippen molar-refractivity contribution >= 4 is 5.65 Å². The SMILES string of the molecule is COc1ccc(-c2cc3[nH]c(C)cc(=O)n3n2)cc1. The van der Waals surface area contributed by atoms with E-state index in [1.807, 2.05) is 37.3 Å². The summed E-state index contributed by atoms with van der Waals surface area (Å²) in [5, 5.41) is 4.31. The number of benzene rings is 1. The Morgan fingerprint density at radius 2 is 1.95 bits per heavy atom. The van der Waals surface area contributed by atoms with Crippen LogP contribution in [0.5, 0.6) is 5.75 Å². The fourth-order valence-corrected chi connectivity index (χ4v) is 2.03. The molecule has 0 aliphatic carbocycles. The monoisotopic (exact) mass is 255 g/mol. The first-order chi connectivity index (χ1) is 9.17. The number of hydrogen-bond acceptors (Lipinski definition) is 3. The van der Waals surface area contributed by atoms with E-state index in [1.54, 1.807) is 7.11 Å². The van der Waals surface area contributed by atoms with E-state index in [4.69, 9.17) is 4.74 Å². The van der Waals surface area contributed by atoms with Gasteiger partial charge in [0.25, 0.3) is 5.56 Å². The zero-order valence-corrected chi connectivity index (χ0v) is 10.7. The minimum absolute atomic E-state index is 0.133. The molecule has 0 atom stereocenters. The molecule has 1 N–H and O–H groups in total. The summed E-state index contributed by atoms with van der Waals surface area (Å²) in [7, 11) is 1.63. The van der Waals surface area contributed by atoms with E-state index in [-0.39, 0.29) is 5.56 Å². The molecule has 0 unspecified atom stereocenters. The lowest BCUT2D eigenvalue weighted by Crippen LogP contribution is -2.14. The van der Waals surface area contributed by atoms with Crippen molar-refractivity contribution in [2.24, 2.45) is 0 Å². The van der Waals surface area contributed by atoms with Gasteiger partial charge >= 0.3 is 0 Å². The first kappa shape index (κ1) is 11.5. The van der Waals surface area contributed by atoms with Crippen molar-refractivity contribution in [3.05, 3.63) is 52.4 Å². The molecule has 0 spiro atoms. The highest BCUT2D eigenvalue weighted by atomic mass is 16.5.